The molecule has 0 radical (unpaired) electrons. The van der Waals surface area contributed by atoms with E-state index in [0.29, 0.717) is 0 Å². The van der Waals surface area contributed by atoms with Gasteiger partial charge in [0.25, 0.3) is 0 Å². The maximum atomic E-state index is 2.44. The second-order valence-electron chi connectivity index (χ2n) is 12.1. The van der Waals surface area contributed by atoms with Crippen molar-refractivity contribution in [3.05, 3.63) is 151 Å². The zero-order chi connectivity index (χ0) is 28.7. The zero-order valence-corrected chi connectivity index (χ0v) is 25.0. The molecule has 1 heterocycles. The first-order chi connectivity index (χ1) is 21.1. The summed E-state index contributed by atoms with van der Waals surface area (Å²) in [6.45, 7) is 4.69. The van der Waals surface area contributed by atoms with E-state index in [-0.39, 0.29) is 5.41 Å². The molecule has 1 nitrogen and oxygen atoms in total. The summed E-state index contributed by atoms with van der Waals surface area (Å²) in [6.07, 6.45) is 0. The molecular weight excluding hydrogens is 539 g/mol. The normalized spacial score (nSPS) is 13.5. The zero-order valence-electron chi connectivity index (χ0n) is 24.1. The van der Waals surface area contributed by atoms with Crippen molar-refractivity contribution in [2.75, 3.05) is 4.90 Å². The molecule has 0 aliphatic heterocycles. The summed E-state index contributed by atoms with van der Waals surface area (Å²) in [5.41, 5.74) is 8.96. The van der Waals surface area contributed by atoms with E-state index >= 15 is 0 Å². The number of hydrogen-bond donors (Lipinski definition) is 0. The number of para-hydroxylation sites is 1. The lowest BCUT2D eigenvalue weighted by Gasteiger charge is -2.28. The Morgan fingerprint density at radius 1 is 0.512 bits per heavy atom. The predicted octanol–water partition coefficient (Wildman–Crippen LogP) is 12.1. The van der Waals surface area contributed by atoms with Gasteiger partial charge in [0.05, 0.1) is 5.69 Å². The number of thiophene rings is 1. The van der Waals surface area contributed by atoms with E-state index < -0.39 is 0 Å². The van der Waals surface area contributed by atoms with Gasteiger partial charge in [0.15, 0.2) is 0 Å². The van der Waals surface area contributed by atoms with Gasteiger partial charge in [-0.3, -0.25) is 0 Å². The Hall–Kier alpha value is -4.92. The number of hydrogen-bond acceptors (Lipinski definition) is 2. The average molecular weight is 568 g/mol. The van der Waals surface area contributed by atoms with E-state index in [1.807, 2.05) is 11.3 Å². The highest BCUT2D eigenvalue weighted by Gasteiger charge is 2.35. The fourth-order valence-electron chi connectivity index (χ4n) is 7.39. The van der Waals surface area contributed by atoms with Crippen molar-refractivity contribution in [1.29, 1.82) is 0 Å². The van der Waals surface area contributed by atoms with Gasteiger partial charge in [0, 0.05) is 47.7 Å². The lowest BCUT2D eigenvalue weighted by Crippen LogP contribution is -2.15. The van der Waals surface area contributed by atoms with Gasteiger partial charge in [-0.25, -0.2) is 0 Å². The maximum Gasteiger partial charge on any atom is 0.0540 e. The monoisotopic (exact) mass is 567 g/mol. The fourth-order valence-corrected chi connectivity index (χ4v) is 8.66. The molecule has 204 valence electrons. The molecule has 0 bridgehead atoms. The van der Waals surface area contributed by atoms with Crippen LogP contribution in [0, 0.1) is 0 Å². The van der Waals surface area contributed by atoms with E-state index in [2.05, 4.69) is 158 Å². The van der Waals surface area contributed by atoms with Crippen LogP contribution >= 0.6 is 11.3 Å². The Kier molecular flexibility index (Phi) is 5.18. The van der Waals surface area contributed by atoms with Gasteiger partial charge >= 0.3 is 0 Å². The van der Waals surface area contributed by atoms with Crippen LogP contribution in [0.4, 0.5) is 17.1 Å². The second kappa shape index (κ2) is 9.04. The first-order valence-corrected chi connectivity index (χ1v) is 15.8. The molecule has 1 aliphatic carbocycles. The molecule has 2 heteroatoms. The predicted molar refractivity (Wildman–Crippen MR) is 187 cm³/mol. The number of rotatable bonds is 3. The number of benzene rings is 7. The highest BCUT2D eigenvalue weighted by atomic mass is 32.1. The van der Waals surface area contributed by atoms with Crippen LogP contribution in [0.5, 0.6) is 0 Å². The maximum absolute atomic E-state index is 2.44. The molecule has 0 spiro atoms. The molecule has 43 heavy (non-hydrogen) atoms. The largest absolute Gasteiger partial charge is 0.310 e. The van der Waals surface area contributed by atoms with Gasteiger partial charge < -0.3 is 4.90 Å². The fraction of sp³-hybridized carbons (Fsp3) is 0.0732. The summed E-state index contributed by atoms with van der Waals surface area (Å²) < 4.78 is 2.70. The van der Waals surface area contributed by atoms with Crippen molar-refractivity contribution in [3.63, 3.8) is 0 Å². The molecule has 0 unspecified atom stereocenters. The van der Waals surface area contributed by atoms with Crippen LogP contribution in [0.15, 0.2) is 140 Å². The highest BCUT2D eigenvalue weighted by Crippen LogP contribution is 2.51. The molecule has 0 amide bonds. The summed E-state index contributed by atoms with van der Waals surface area (Å²) in [6, 6.07) is 51.5. The van der Waals surface area contributed by atoms with Gasteiger partial charge in [-0.2, -0.15) is 0 Å². The molecule has 1 aromatic heterocycles. The molecule has 9 rings (SSSR count). The lowest BCUT2D eigenvalue weighted by molar-refractivity contribution is 0.660. The molecule has 0 saturated carbocycles. The van der Waals surface area contributed by atoms with Gasteiger partial charge in [0.1, 0.15) is 0 Å². The minimum absolute atomic E-state index is 0.0178. The van der Waals surface area contributed by atoms with E-state index in [4.69, 9.17) is 0 Å². The third-order valence-corrected chi connectivity index (χ3v) is 10.6. The summed E-state index contributed by atoms with van der Waals surface area (Å²) in [7, 11) is 0. The van der Waals surface area contributed by atoms with E-state index in [1.165, 1.54) is 75.3 Å². The van der Waals surface area contributed by atoms with Crippen LogP contribution < -0.4 is 4.90 Å². The Labute approximate surface area is 255 Å². The molecule has 7 aromatic carbocycles. The SMILES string of the molecule is CC1(C)c2ccccc2-c2cc(N(c3ccccc3)c3cccc4c3ccc3ccc5c6ccccc6sc5c34)ccc21. The highest BCUT2D eigenvalue weighted by molar-refractivity contribution is 7.26. The van der Waals surface area contributed by atoms with E-state index in [1.54, 1.807) is 0 Å². The third-order valence-electron chi connectivity index (χ3n) is 9.44. The summed E-state index contributed by atoms with van der Waals surface area (Å²) in [5.74, 6) is 0. The topological polar surface area (TPSA) is 3.24 Å². The van der Waals surface area contributed by atoms with Crippen molar-refractivity contribution < 1.29 is 0 Å². The van der Waals surface area contributed by atoms with Crippen molar-refractivity contribution in [3.8, 4) is 11.1 Å². The standard InChI is InChI=1S/C41H29NS/c1-41(2)35-16-8-6-13-29(35)34-25-28(21-24-36(34)41)42(27-11-4-3-5-12-27)37-17-10-15-32-30(37)22-19-26-20-23-33-31-14-7-9-18-38(31)43-40(33)39(26)32/h3-25H,1-2H3. The molecular formula is C41H29NS. The first-order valence-electron chi connectivity index (χ1n) is 14.9. The van der Waals surface area contributed by atoms with Crippen molar-refractivity contribution in [2.24, 2.45) is 0 Å². The number of fused-ring (bicyclic) bond motifs is 10. The van der Waals surface area contributed by atoms with Crippen LogP contribution in [0.25, 0.3) is 52.8 Å². The molecule has 0 N–H and O–H groups in total. The van der Waals surface area contributed by atoms with Crippen LogP contribution in [0.1, 0.15) is 25.0 Å². The first kappa shape index (κ1) is 24.7. The minimum Gasteiger partial charge on any atom is -0.310 e. The van der Waals surface area contributed by atoms with Crippen LogP contribution in [0.2, 0.25) is 0 Å². The van der Waals surface area contributed by atoms with Crippen molar-refractivity contribution in [2.45, 2.75) is 19.3 Å². The molecule has 0 atom stereocenters. The Balaban J connectivity index is 1.33. The van der Waals surface area contributed by atoms with Crippen LogP contribution in [-0.4, -0.2) is 0 Å². The quantitative estimate of drug-likeness (QED) is 0.192. The van der Waals surface area contributed by atoms with Gasteiger partial charge in [-0.1, -0.05) is 117 Å². The lowest BCUT2D eigenvalue weighted by atomic mass is 9.82. The smallest absolute Gasteiger partial charge is 0.0540 e. The molecule has 1 aliphatic rings. The summed E-state index contributed by atoms with van der Waals surface area (Å²) >= 11 is 1.91. The molecule has 0 fully saturated rings. The second-order valence-corrected chi connectivity index (χ2v) is 13.2. The average Bonchev–Trinajstić information content (AvgIpc) is 3.54. The Morgan fingerprint density at radius 3 is 2.12 bits per heavy atom. The van der Waals surface area contributed by atoms with Gasteiger partial charge in [0.2, 0.25) is 0 Å². The van der Waals surface area contributed by atoms with Gasteiger partial charge in [-0.05, 0) is 69.4 Å². The minimum atomic E-state index is -0.0178. The van der Waals surface area contributed by atoms with Crippen LogP contribution in [0.3, 0.4) is 0 Å². The summed E-state index contributed by atoms with van der Waals surface area (Å²) in [5, 5.41) is 7.85. The number of nitrogens with zero attached hydrogens (tertiary/aromatic N) is 1. The van der Waals surface area contributed by atoms with Crippen molar-refractivity contribution in [1.82, 2.24) is 0 Å². The molecule has 8 aromatic rings. The van der Waals surface area contributed by atoms with Crippen LogP contribution in [-0.2, 0) is 5.41 Å². The van der Waals surface area contributed by atoms with Crippen molar-refractivity contribution >= 4 is 70.1 Å². The summed E-state index contributed by atoms with van der Waals surface area (Å²) in [4.78, 5) is 2.44. The third kappa shape index (κ3) is 3.51. The number of anilines is 3. The Morgan fingerprint density at radius 2 is 1.23 bits per heavy atom. The van der Waals surface area contributed by atoms with Gasteiger partial charge in [-0.15, -0.1) is 11.3 Å². The van der Waals surface area contributed by atoms with E-state index in [0.717, 1.165) is 5.69 Å². The molecule has 0 saturated heterocycles. The Bertz CT molecular complexity index is 2380. The van der Waals surface area contributed by atoms with E-state index in [9.17, 15) is 0 Å².